The molecule has 0 saturated carbocycles. The summed E-state index contributed by atoms with van der Waals surface area (Å²) in [5.41, 5.74) is 1.42. The van der Waals surface area contributed by atoms with Crippen molar-refractivity contribution in [1.29, 1.82) is 5.26 Å². The number of carbonyl (C=O) groups excluding carboxylic acids is 1. The maximum Gasteiger partial charge on any atom is 0.260 e. The van der Waals surface area contributed by atoms with Crippen LogP contribution in [0.1, 0.15) is 18.1 Å². The third-order valence-corrected chi connectivity index (χ3v) is 4.36. The second-order valence-corrected chi connectivity index (χ2v) is 6.15. The molecule has 0 N–H and O–H groups in total. The van der Waals surface area contributed by atoms with E-state index in [0.29, 0.717) is 49.1 Å². The molecule has 0 fully saturated rings. The van der Waals surface area contributed by atoms with Crippen molar-refractivity contribution >= 4 is 5.91 Å². The average molecular weight is 382 g/mol. The van der Waals surface area contributed by atoms with Gasteiger partial charge in [0.05, 0.1) is 18.7 Å². The first kappa shape index (κ1) is 19.4. The summed E-state index contributed by atoms with van der Waals surface area (Å²) in [4.78, 5) is 14.3. The highest BCUT2D eigenvalue weighted by atomic mass is 16.6. The number of amides is 1. The summed E-state index contributed by atoms with van der Waals surface area (Å²) in [6.45, 7) is 3.84. The summed E-state index contributed by atoms with van der Waals surface area (Å²) in [5.74, 6) is 2.11. The van der Waals surface area contributed by atoms with Crippen LogP contribution >= 0.6 is 0 Å². The van der Waals surface area contributed by atoms with Crippen molar-refractivity contribution in [2.45, 2.75) is 13.5 Å². The van der Waals surface area contributed by atoms with Gasteiger partial charge in [-0.25, -0.2) is 0 Å². The van der Waals surface area contributed by atoms with E-state index in [4.69, 9.17) is 24.2 Å². The normalized spacial score (nSPS) is 12.0. The van der Waals surface area contributed by atoms with Crippen LogP contribution in [0.3, 0.4) is 0 Å². The van der Waals surface area contributed by atoms with Gasteiger partial charge in [0.15, 0.2) is 29.6 Å². The maximum atomic E-state index is 12.6. The van der Waals surface area contributed by atoms with Crippen molar-refractivity contribution in [3.63, 3.8) is 0 Å². The molecule has 0 bridgehead atoms. The smallest absolute Gasteiger partial charge is 0.260 e. The van der Waals surface area contributed by atoms with E-state index < -0.39 is 0 Å². The molecule has 1 amide bonds. The minimum atomic E-state index is -0.149. The van der Waals surface area contributed by atoms with E-state index >= 15 is 0 Å². The molecule has 0 saturated heterocycles. The monoisotopic (exact) mass is 382 g/mol. The van der Waals surface area contributed by atoms with Gasteiger partial charge in [-0.15, -0.1) is 0 Å². The molecule has 1 aliphatic rings. The molecule has 28 heavy (non-hydrogen) atoms. The van der Waals surface area contributed by atoms with E-state index in [1.54, 1.807) is 23.1 Å². The highest BCUT2D eigenvalue weighted by Crippen LogP contribution is 2.31. The van der Waals surface area contributed by atoms with Crippen LogP contribution in [-0.2, 0) is 11.3 Å². The summed E-state index contributed by atoms with van der Waals surface area (Å²) < 4.78 is 22.0. The zero-order chi connectivity index (χ0) is 19.9. The molecule has 1 heterocycles. The van der Waals surface area contributed by atoms with Crippen molar-refractivity contribution in [2.24, 2.45) is 0 Å². The molecule has 0 aromatic heterocycles. The van der Waals surface area contributed by atoms with Gasteiger partial charge in [0.25, 0.3) is 5.91 Å². The van der Waals surface area contributed by atoms with Crippen LogP contribution in [0.4, 0.5) is 0 Å². The first-order valence-electron chi connectivity index (χ1n) is 9.01. The number of methoxy groups -OCH3 is 1. The van der Waals surface area contributed by atoms with E-state index in [9.17, 15) is 4.79 Å². The number of likely N-dealkylation sites (N-methyl/N-ethyl adjacent to an activating group) is 1. The lowest BCUT2D eigenvalue weighted by Gasteiger charge is -2.23. The summed E-state index contributed by atoms with van der Waals surface area (Å²) in [6, 6.07) is 12.5. The van der Waals surface area contributed by atoms with Gasteiger partial charge in [-0.1, -0.05) is 6.07 Å². The zero-order valence-electron chi connectivity index (χ0n) is 15.9. The number of benzene rings is 2. The van der Waals surface area contributed by atoms with E-state index in [1.807, 2.05) is 31.2 Å². The number of carbonyl (C=O) groups is 1. The Morgan fingerprint density at radius 3 is 2.64 bits per heavy atom. The Morgan fingerprint density at radius 2 is 1.93 bits per heavy atom. The summed E-state index contributed by atoms with van der Waals surface area (Å²) in [7, 11) is 1.49. The molecular weight excluding hydrogens is 360 g/mol. The lowest BCUT2D eigenvalue weighted by atomic mass is 10.1. The van der Waals surface area contributed by atoms with Crippen molar-refractivity contribution in [3.8, 4) is 29.1 Å². The highest BCUT2D eigenvalue weighted by molar-refractivity contribution is 5.78. The highest BCUT2D eigenvalue weighted by Gasteiger charge is 2.17. The van der Waals surface area contributed by atoms with Crippen molar-refractivity contribution in [2.75, 3.05) is 33.5 Å². The third kappa shape index (κ3) is 4.46. The molecule has 0 atom stereocenters. The Labute approximate surface area is 164 Å². The lowest BCUT2D eigenvalue weighted by molar-refractivity contribution is -0.133. The fraction of sp³-hybridized carbons (Fsp3) is 0.333. The number of ether oxygens (including phenoxy) is 4. The van der Waals surface area contributed by atoms with Crippen LogP contribution in [-0.4, -0.2) is 44.3 Å². The first-order valence-corrected chi connectivity index (χ1v) is 9.01. The second kappa shape index (κ2) is 9.00. The van der Waals surface area contributed by atoms with Gasteiger partial charge in [0, 0.05) is 19.2 Å². The average Bonchev–Trinajstić information content (AvgIpc) is 2.75. The van der Waals surface area contributed by atoms with Gasteiger partial charge in [-0.2, -0.15) is 5.26 Å². The maximum absolute atomic E-state index is 12.6. The molecule has 0 radical (unpaired) electrons. The molecule has 7 nitrogen and oxygen atoms in total. The van der Waals surface area contributed by atoms with Crippen molar-refractivity contribution in [1.82, 2.24) is 4.90 Å². The fourth-order valence-corrected chi connectivity index (χ4v) is 2.87. The predicted octanol–water partition coefficient (Wildman–Crippen LogP) is 2.77. The largest absolute Gasteiger partial charge is 0.493 e. The SMILES string of the molecule is CCN(Cc1ccc2c(c1)OCCO2)C(=O)COc1ccc(C#N)cc1OC. The lowest BCUT2D eigenvalue weighted by Crippen LogP contribution is -2.34. The Bertz CT molecular complexity index is 891. The molecule has 7 heteroatoms. The van der Waals surface area contributed by atoms with Gasteiger partial charge in [-0.05, 0) is 36.8 Å². The quantitative estimate of drug-likeness (QED) is 0.732. The number of hydrogen-bond acceptors (Lipinski definition) is 6. The summed E-state index contributed by atoms with van der Waals surface area (Å²) in [5, 5.41) is 8.96. The van der Waals surface area contributed by atoms with E-state index in [-0.39, 0.29) is 12.5 Å². The topological polar surface area (TPSA) is 81.0 Å². The fourth-order valence-electron chi connectivity index (χ4n) is 2.87. The van der Waals surface area contributed by atoms with Crippen LogP contribution < -0.4 is 18.9 Å². The Hall–Kier alpha value is -3.40. The molecule has 0 spiro atoms. The first-order chi connectivity index (χ1) is 13.6. The van der Waals surface area contributed by atoms with Crippen molar-refractivity contribution < 1.29 is 23.7 Å². The van der Waals surface area contributed by atoms with Crippen LogP contribution in [0, 0.1) is 11.3 Å². The number of nitrogens with zero attached hydrogens (tertiary/aromatic N) is 2. The number of rotatable bonds is 7. The predicted molar refractivity (Wildman–Crippen MR) is 102 cm³/mol. The number of nitriles is 1. The minimum absolute atomic E-state index is 0.124. The molecule has 3 rings (SSSR count). The van der Waals surface area contributed by atoms with Gasteiger partial charge >= 0.3 is 0 Å². The molecule has 2 aromatic carbocycles. The van der Waals surface area contributed by atoms with E-state index in [1.165, 1.54) is 7.11 Å². The molecule has 0 unspecified atom stereocenters. The van der Waals surface area contributed by atoms with E-state index in [0.717, 1.165) is 11.3 Å². The number of fused-ring (bicyclic) bond motifs is 1. The van der Waals surface area contributed by atoms with Crippen LogP contribution in [0.15, 0.2) is 36.4 Å². The van der Waals surface area contributed by atoms with Gasteiger partial charge < -0.3 is 23.8 Å². The summed E-state index contributed by atoms with van der Waals surface area (Å²) in [6.07, 6.45) is 0. The molecule has 146 valence electrons. The number of hydrogen-bond donors (Lipinski definition) is 0. The zero-order valence-corrected chi connectivity index (χ0v) is 15.9. The molecule has 0 aliphatic carbocycles. The van der Waals surface area contributed by atoms with Crippen molar-refractivity contribution in [3.05, 3.63) is 47.5 Å². The third-order valence-electron chi connectivity index (χ3n) is 4.36. The van der Waals surface area contributed by atoms with Crippen LogP contribution in [0.5, 0.6) is 23.0 Å². The standard InChI is InChI=1S/C21H22N2O5/c1-3-23(13-16-5-7-18-20(11-16)27-9-8-26-18)21(24)14-28-17-6-4-15(12-22)10-19(17)25-2/h4-7,10-11H,3,8-9,13-14H2,1-2H3. The van der Waals surface area contributed by atoms with Crippen LogP contribution in [0.2, 0.25) is 0 Å². The second-order valence-electron chi connectivity index (χ2n) is 6.15. The van der Waals surface area contributed by atoms with Gasteiger partial charge in [0.2, 0.25) is 0 Å². The van der Waals surface area contributed by atoms with E-state index in [2.05, 4.69) is 0 Å². The van der Waals surface area contributed by atoms with Gasteiger partial charge in [0.1, 0.15) is 13.2 Å². The van der Waals surface area contributed by atoms with Gasteiger partial charge in [-0.3, -0.25) is 4.79 Å². The van der Waals surface area contributed by atoms with Crippen LogP contribution in [0.25, 0.3) is 0 Å². The molecular formula is C21H22N2O5. The Morgan fingerprint density at radius 1 is 1.14 bits per heavy atom. The summed E-state index contributed by atoms with van der Waals surface area (Å²) >= 11 is 0. The minimum Gasteiger partial charge on any atom is -0.493 e. The Balaban J connectivity index is 1.63. The molecule has 2 aromatic rings. The molecule has 1 aliphatic heterocycles. The Kier molecular flexibility index (Phi) is 6.22.